The molecule has 0 amide bonds. The molecule has 0 aliphatic rings. The van der Waals surface area contributed by atoms with E-state index in [2.05, 4.69) is 0 Å². The van der Waals surface area contributed by atoms with Gasteiger partial charge in [0.05, 0.1) is 0 Å². The van der Waals surface area contributed by atoms with Crippen LogP contribution in [0.4, 0.5) is 17.3 Å². The molecule has 0 fully saturated rings. The predicted molar refractivity (Wildman–Crippen MR) is 24.2 cm³/mol. The molecule has 0 aromatic rings. The molecule has 0 unspecified atom stereocenters. The Morgan fingerprint density at radius 3 is 1.78 bits per heavy atom. The molecule has 9 heavy (non-hydrogen) atoms. The maximum absolute atomic E-state index is 11.1. The summed E-state index contributed by atoms with van der Waals surface area (Å²) in [6.45, 7) is -5.98. The van der Waals surface area contributed by atoms with E-state index < -0.39 is 13.7 Å². The second kappa shape index (κ2) is 5.91. The molecule has 0 atom stereocenters. The number of halogens is 4. The van der Waals surface area contributed by atoms with Gasteiger partial charge < -0.3 is 12.9 Å². The van der Waals surface area contributed by atoms with Gasteiger partial charge in [-0.1, -0.05) is 6.08 Å². The molecule has 0 bridgehead atoms. The van der Waals surface area contributed by atoms with Gasteiger partial charge in [0.15, 0.2) is 0 Å². The number of alkyl halides is 1. The van der Waals surface area contributed by atoms with Gasteiger partial charge in [-0.05, 0) is 0 Å². The monoisotopic (exact) mass is 166 g/mol. The van der Waals surface area contributed by atoms with Gasteiger partial charge in [-0.15, -0.1) is 5.98 Å². The van der Waals surface area contributed by atoms with Crippen molar-refractivity contribution in [3.05, 3.63) is 12.1 Å². The summed E-state index contributed by atoms with van der Waals surface area (Å²) in [6, 6.07) is 0. The summed E-state index contributed by atoms with van der Waals surface area (Å²) < 4.78 is 44.1. The van der Waals surface area contributed by atoms with Crippen molar-refractivity contribution in [1.29, 1.82) is 0 Å². The first-order chi connectivity index (χ1) is 3.56. The average molecular weight is 166 g/mol. The van der Waals surface area contributed by atoms with Crippen LogP contribution in [-0.4, -0.2) is 13.7 Å². The topological polar surface area (TPSA) is 0 Å². The summed E-state index contributed by atoms with van der Waals surface area (Å²) >= 11 is 0. The minimum absolute atomic E-state index is 0. The van der Waals surface area contributed by atoms with Gasteiger partial charge in [-0.25, -0.2) is 4.39 Å². The molecule has 0 nitrogen and oxygen atoms in total. The van der Waals surface area contributed by atoms with E-state index in [1.165, 1.54) is 0 Å². The molecule has 0 rings (SSSR count). The smallest absolute Gasteiger partial charge is 0.445 e. The third kappa shape index (κ3) is 12.4. The Kier molecular flexibility index (Phi) is 8.41. The number of hydrogen-bond donors (Lipinski definition) is 0. The minimum Gasteiger partial charge on any atom is -0.445 e. The zero-order valence-electron chi connectivity index (χ0n) is 4.95. The van der Waals surface area contributed by atoms with E-state index >= 15 is 0 Å². The van der Waals surface area contributed by atoms with Gasteiger partial charge in [0.1, 0.15) is 6.67 Å². The van der Waals surface area contributed by atoms with Crippen molar-refractivity contribution in [2.24, 2.45) is 0 Å². The van der Waals surface area contributed by atoms with E-state index in [4.69, 9.17) is 0 Å². The van der Waals surface area contributed by atoms with E-state index in [1.54, 1.807) is 0 Å². The maximum Gasteiger partial charge on any atom is 1.00 e. The van der Waals surface area contributed by atoms with Gasteiger partial charge in [0, 0.05) is 0 Å². The van der Waals surface area contributed by atoms with Gasteiger partial charge in [-0.3, -0.25) is 0 Å². The molecule has 6 heteroatoms. The number of hydrogen-bond acceptors (Lipinski definition) is 0. The molecule has 0 N–H and O–H groups in total. The fourth-order valence-electron chi connectivity index (χ4n) is 0.206. The first kappa shape index (κ1) is 12.8. The van der Waals surface area contributed by atoms with Crippen molar-refractivity contribution >= 4 is 6.98 Å². The van der Waals surface area contributed by atoms with Crippen LogP contribution in [0.1, 0.15) is 0 Å². The molecule has 0 aliphatic heterocycles. The molecule has 0 aromatic carbocycles. The molecule has 0 spiro atoms. The third-order valence-electron chi connectivity index (χ3n) is 0.443. The van der Waals surface area contributed by atoms with Crippen LogP contribution >= 0.6 is 0 Å². The normalized spacial score (nSPS) is 11.6. The maximum atomic E-state index is 11.1. The zero-order chi connectivity index (χ0) is 6.62. The van der Waals surface area contributed by atoms with Crippen molar-refractivity contribution in [1.82, 2.24) is 0 Å². The van der Waals surface area contributed by atoms with Crippen LogP contribution in [0.3, 0.4) is 0 Å². The average Bonchev–Trinajstić information content (AvgIpc) is 1.59. The first-order valence-corrected chi connectivity index (χ1v) is 2.00. The SMILES string of the molecule is FC/C=C/[B-](F)(F)F.[K+]. The Morgan fingerprint density at radius 2 is 1.67 bits per heavy atom. The summed E-state index contributed by atoms with van der Waals surface area (Å²) in [5.41, 5.74) is 0. The summed E-state index contributed by atoms with van der Waals surface area (Å²) in [5.74, 6) is -0.0694. The Bertz CT molecular complexity index is 88.3. The molecule has 0 saturated carbocycles. The first-order valence-electron chi connectivity index (χ1n) is 2.00. The third-order valence-corrected chi connectivity index (χ3v) is 0.443. The van der Waals surface area contributed by atoms with Crippen molar-refractivity contribution in [3.8, 4) is 0 Å². The van der Waals surface area contributed by atoms with Crippen LogP contribution < -0.4 is 51.4 Å². The predicted octanol–water partition coefficient (Wildman–Crippen LogP) is -1.10. The van der Waals surface area contributed by atoms with Crippen LogP contribution in [0, 0.1) is 0 Å². The van der Waals surface area contributed by atoms with Crippen LogP contribution in [-0.2, 0) is 0 Å². The van der Waals surface area contributed by atoms with Crippen molar-refractivity contribution < 1.29 is 68.7 Å². The largest absolute Gasteiger partial charge is 1.00 e. The second-order valence-electron chi connectivity index (χ2n) is 1.21. The second-order valence-corrected chi connectivity index (χ2v) is 1.21. The Balaban J connectivity index is 0. The summed E-state index contributed by atoms with van der Waals surface area (Å²) in [6.07, 6.45) is 0.444. The molecular formula is C3H4BF4K. The standard InChI is InChI=1S/C3H4BF4.K/c5-3-1-2-4(6,7)8;/h1-2H,3H2;/q-1;+1/b2-1+;. The van der Waals surface area contributed by atoms with Gasteiger partial charge >= 0.3 is 58.4 Å². The van der Waals surface area contributed by atoms with Crippen LogP contribution in [0.25, 0.3) is 0 Å². The summed E-state index contributed by atoms with van der Waals surface area (Å²) in [5, 5.41) is 0. The summed E-state index contributed by atoms with van der Waals surface area (Å²) in [7, 11) is 0. The molecule has 0 aromatic heterocycles. The van der Waals surface area contributed by atoms with E-state index in [-0.39, 0.29) is 57.4 Å². The van der Waals surface area contributed by atoms with E-state index in [1.807, 2.05) is 0 Å². The van der Waals surface area contributed by atoms with Gasteiger partial charge in [-0.2, -0.15) is 0 Å². The Labute approximate surface area is 93.2 Å². The molecule has 48 valence electrons. The van der Waals surface area contributed by atoms with E-state index in [9.17, 15) is 17.3 Å². The van der Waals surface area contributed by atoms with Crippen molar-refractivity contribution in [3.63, 3.8) is 0 Å². The van der Waals surface area contributed by atoms with Crippen molar-refractivity contribution in [2.75, 3.05) is 6.67 Å². The zero-order valence-corrected chi connectivity index (χ0v) is 8.07. The van der Waals surface area contributed by atoms with Crippen LogP contribution in [0.2, 0.25) is 0 Å². The fourth-order valence-corrected chi connectivity index (χ4v) is 0.206. The summed E-state index contributed by atoms with van der Waals surface area (Å²) in [4.78, 5) is 0. The quantitative estimate of drug-likeness (QED) is 0.361. The minimum atomic E-state index is -4.92. The Morgan fingerprint density at radius 1 is 1.22 bits per heavy atom. The molecule has 0 saturated heterocycles. The number of allylic oxidation sites excluding steroid dienone is 1. The molecule has 0 radical (unpaired) electrons. The van der Waals surface area contributed by atoms with Crippen molar-refractivity contribution in [2.45, 2.75) is 0 Å². The van der Waals surface area contributed by atoms with Gasteiger partial charge in [0.2, 0.25) is 0 Å². The van der Waals surface area contributed by atoms with Gasteiger partial charge in [0.25, 0.3) is 0 Å². The molecule has 0 heterocycles. The van der Waals surface area contributed by atoms with Crippen LogP contribution in [0.5, 0.6) is 0 Å². The number of rotatable bonds is 2. The fraction of sp³-hybridized carbons (Fsp3) is 0.333. The van der Waals surface area contributed by atoms with E-state index in [0.717, 1.165) is 0 Å². The van der Waals surface area contributed by atoms with Crippen LogP contribution in [0.15, 0.2) is 12.1 Å². The molecular weight excluding hydrogens is 162 g/mol. The molecule has 0 aliphatic carbocycles. The van der Waals surface area contributed by atoms with E-state index in [0.29, 0.717) is 6.08 Å². The Hall–Kier alpha value is 1.16.